The van der Waals surface area contributed by atoms with Crippen molar-refractivity contribution in [2.75, 3.05) is 0 Å². The molecular weight excluding hydrogens is 520 g/mol. The molecular formula is C33H50N2O6. The minimum atomic E-state index is -0.921. The predicted octanol–water partition coefficient (Wildman–Crippen LogP) is 6.48. The number of nitrogens with one attached hydrogen (secondary N) is 1. The van der Waals surface area contributed by atoms with Gasteiger partial charge in [0, 0.05) is 31.0 Å². The number of cyclic esters (lactones) is 1. The van der Waals surface area contributed by atoms with E-state index in [1.807, 2.05) is 71.1 Å². The smallest absolute Gasteiger partial charge is 0.404 e. The first-order valence-corrected chi connectivity index (χ1v) is 14.6. The van der Waals surface area contributed by atoms with E-state index in [0.29, 0.717) is 25.7 Å². The van der Waals surface area contributed by atoms with Crippen LogP contribution in [0.1, 0.15) is 92.4 Å². The van der Waals surface area contributed by atoms with Crippen LogP contribution in [0.5, 0.6) is 0 Å². The SMILES string of the molecule is CC(C)=CC(=O)N/C=C/C(C)=C/[C@@H](C)[C@H]1C/C(C)=C/C=C/CC[C@H](OC(N)=O)[C@@H](O)/C=C/CCCCCCC(=O)O1. The maximum absolute atomic E-state index is 12.7. The van der Waals surface area contributed by atoms with Crippen molar-refractivity contribution in [2.45, 2.75) is 111 Å². The summed E-state index contributed by atoms with van der Waals surface area (Å²) in [5.74, 6) is -0.426. The van der Waals surface area contributed by atoms with E-state index in [1.165, 1.54) is 6.08 Å². The van der Waals surface area contributed by atoms with Gasteiger partial charge in [-0.1, -0.05) is 72.9 Å². The van der Waals surface area contributed by atoms with E-state index in [0.717, 1.165) is 48.8 Å². The average molecular weight is 571 g/mol. The standard InChI is InChI=1S/C33H50N2O6/c1-24(2)21-31(37)35-20-19-26(4)22-27(5)30-23-25(3)15-11-10-13-17-29(41-33(34)39)28(36)16-12-8-6-7-9-14-18-32(38)40-30/h10-12,15-16,19-22,27-30,36H,6-9,13-14,17-18,23H2,1-5H3,(H2,34,39)(H,35,37)/b11-10+,16-12+,20-19+,25-15+,26-22+/t27-,28+,29+,30-/m1/s1. The molecule has 0 spiro atoms. The molecule has 1 aliphatic heterocycles. The molecule has 8 nitrogen and oxygen atoms in total. The molecule has 4 N–H and O–H groups in total. The van der Waals surface area contributed by atoms with Crippen LogP contribution in [0.25, 0.3) is 0 Å². The number of esters is 1. The van der Waals surface area contributed by atoms with Crippen molar-refractivity contribution in [3.63, 3.8) is 0 Å². The van der Waals surface area contributed by atoms with Crippen LogP contribution in [0.3, 0.4) is 0 Å². The zero-order valence-corrected chi connectivity index (χ0v) is 25.4. The van der Waals surface area contributed by atoms with Gasteiger partial charge in [0.2, 0.25) is 5.91 Å². The molecule has 1 aliphatic rings. The predicted molar refractivity (Wildman–Crippen MR) is 164 cm³/mol. The van der Waals surface area contributed by atoms with Gasteiger partial charge in [-0.15, -0.1) is 0 Å². The lowest BCUT2D eigenvalue weighted by Gasteiger charge is -2.23. The van der Waals surface area contributed by atoms with Crippen LogP contribution in [0.15, 0.2) is 71.5 Å². The Bertz CT molecular complexity index is 1020. The zero-order chi connectivity index (χ0) is 30.6. The number of hydrogen-bond donors (Lipinski definition) is 3. The number of aliphatic hydroxyl groups excluding tert-OH is 1. The number of aliphatic hydroxyl groups is 1. The summed E-state index contributed by atoms with van der Waals surface area (Å²) in [6.07, 6.45) is 19.8. The maximum Gasteiger partial charge on any atom is 0.404 e. The van der Waals surface area contributed by atoms with Gasteiger partial charge in [0.15, 0.2) is 0 Å². The van der Waals surface area contributed by atoms with Gasteiger partial charge in [-0.25, -0.2) is 4.79 Å². The molecule has 0 bridgehead atoms. The van der Waals surface area contributed by atoms with Gasteiger partial charge in [0.05, 0.1) is 0 Å². The Morgan fingerprint density at radius 1 is 1.15 bits per heavy atom. The molecule has 0 saturated heterocycles. The van der Waals surface area contributed by atoms with Crippen LogP contribution in [0, 0.1) is 5.92 Å². The molecule has 41 heavy (non-hydrogen) atoms. The van der Waals surface area contributed by atoms with Crippen molar-refractivity contribution in [1.29, 1.82) is 0 Å². The summed E-state index contributed by atoms with van der Waals surface area (Å²) in [6, 6.07) is 0. The second-order valence-corrected chi connectivity index (χ2v) is 10.9. The number of allylic oxidation sites excluding steroid dienone is 7. The summed E-state index contributed by atoms with van der Waals surface area (Å²) in [7, 11) is 0. The molecule has 0 fully saturated rings. The minimum Gasteiger partial charge on any atom is -0.461 e. The number of carbonyl (C=O) groups is 3. The summed E-state index contributed by atoms with van der Waals surface area (Å²) < 4.78 is 11.1. The van der Waals surface area contributed by atoms with Crippen molar-refractivity contribution in [1.82, 2.24) is 5.32 Å². The Hall–Kier alpha value is -3.39. The van der Waals surface area contributed by atoms with Gasteiger partial charge < -0.3 is 25.6 Å². The summed E-state index contributed by atoms with van der Waals surface area (Å²) >= 11 is 0. The van der Waals surface area contributed by atoms with Crippen molar-refractivity contribution in [3.05, 3.63) is 71.5 Å². The highest BCUT2D eigenvalue weighted by Gasteiger charge is 2.21. The first kappa shape index (κ1) is 35.6. The molecule has 8 heteroatoms. The summed E-state index contributed by atoms with van der Waals surface area (Å²) in [5, 5.41) is 13.2. The molecule has 0 aromatic carbocycles. The highest BCUT2D eigenvalue weighted by Crippen LogP contribution is 2.21. The first-order valence-electron chi connectivity index (χ1n) is 14.6. The average Bonchev–Trinajstić information content (AvgIpc) is 2.87. The molecule has 0 unspecified atom stereocenters. The summed E-state index contributed by atoms with van der Waals surface area (Å²) in [5.41, 5.74) is 8.12. The Kier molecular flexibility index (Phi) is 17.8. The van der Waals surface area contributed by atoms with Crippen LogP contribution in [-0.4, -0.2) is 41.4 Å². The summed E-state index contributed by atoms with van der Waals surface area (Å²) in [6.45, 7) is 9.69. The Balaban J connectivity index is 3.00. The number of ether oxygens (including phenoxy) is 2. The minimum absolute atomic E-state index is 0.0535. The fourth-order valence-corrected chi connectivity index (χ4v) is 4.37. The second-order valence-electron chi connectivity index (χ2n) is 10.9. The Morgan fingerprint density at radius 2 is 1.88 bits per heavy atom. The van der Waals surface area contributed by atoms with Crippen LogP contribution in [0.2, 0.25) is 0 Å². The molecule has 1 heterocycles. The van der Waals surface area contributed by atoms with Crippen molar-refractivity contribution >= 4 is 18.0 Å². The zero-order valence-electron chi connectivity index (χ0n) is 25.4. The van der Waals surface area contributed by atoms with Gasteiger partial charge in [0.25, 0.3) is 0 Å². The number of primary amides is 1. The van der Waals surface area contributed by atoms with E-state index in [-0.39, 0.29) is 23.9 Å². The third-order valence-corrected chi connectivity index (χ3v) is 6.53. The normalized spacial score (nSPS) is 26.0. The third-order valence-electron chi connectivity index (χ3n) is 6.53. The third kappa shape index (κ3) is 17.8. The molecule has 0 aromatic rings. The van der Waals surface area contributed by atoms with Gasteiger partial charge in [-0.05, 0) is 65.9 Å². The molecule has 4 atom stereocenters. The topological polar surface area (TPSA) is 128 Å². The van der Waals surface area contributed by atoms with Crippen LogP contribution >= 0.6 is 0 Å². The van der Waals surface area contributed by atoms with Gasteiger partial charge in [-0.3, -0.25) is 9.59 Å². The lowest BCUT2D eigenvalue weighted by Crippen LogP contribution is -2.32. The molecule has 2 amide bonds. The monoisotopic (exact) mass is 570 g/mol. The van der Waals surface area contributed by atoms with E-state index >= 15 is 0 Å². The molecule has 0 aliphatic carbocycles. The van der Waals surface area contributed by atoms with E-state index in [9.17, 15) is 19.5 Å². The summed E-state index contributed by atoms with van der Waals surface area (Å²) in [4.78, 5) is 35.9. The fraction of sp³-hybridized carbons (Fsp3) is 0.545. The molecule has 1 rings (SSSR count). The largest absolute Gasteiger partial charge is 0.461 e. The highest BCUT2D eigenvalue weighted by molar-refractivity contribution is 5.88. The van der Waals surface area contributed by atoms with Crippen LogP contribution in [0.4, 0.5) is 4.79 Å². The Morgan fingerprint density at radius 3 is 2.59 bits per heavy atom. The number of nitrogens with two attached hydrogens (primary N) is 1. The molecule has 228 valence electrons. The van der Waals surface area contributed by atoms with E-state index in [4.69, 9.17) is 15.2 Å². The number of hydrogen-bond acceptors (Lipinski definition) is 6. The maximum atomic E-state index is 12.7. The second kappa shape index (κ2) is 20.5. The molecule has 0 aromatic heterocycles. The van der Waals surface area contributed by atoms with Crippen molar-refractivity contribution in [3.8, 4) is 0 Å². The van der Waals surface area contributed by atoms with Crippen molar-refractivity contribution in [2.24, 2.45) is 11.7 Å². The van der Waals surface area contributed by atoms with Crippen LogP contribution in [-0.2, 0) is 19.1 Å². The lowest BCUT2D eigenvalue weighted by molar-refractivity contribution is -0.150. The Labute approximate surface area is 246 Å². The number of amides is 2. The number of rotatable bonds is 6. The van der Waals surface area contributed by atoms with E-state index < -0.39 is 18.3 Å². The van der Waals surface area contributed by atoms with Gasteiger partial charge >= 0.3 is 12.1 Å². The van der Waals surface area contributed by atoms with E-state index in [1.54, 1.807) is 12.3 Å². The number of carbonyl (C=O) groups excluding carboxylic acids is 3. The quantitative estimate of drug-likeness (QED) is 0.145. The van der Waals surface area contributed by atoms with E-state index in [2.05, 4.69) is 5.32 Å². The van der Waals surface area contributed by atoms with Gasteiger partial charge in [-0.2, -0.15) is 0 Å². The lowest BCUT2D eigenvalue weighted by atomic mass is 9.95. The first-order chi connectivity index (χ1) is 19.5. The van der Waals surface area contributed by atoms with Crippen molar-refractivity contribution < 1.29 is 29.0 Å². The molecule has 0 saturated carbocycles. The van der Waals surface area contributed by atoms with Gasteiger partial charge in [0.1, 0.15) is 18.3 Å². The van der Waals surface area contributed by atoms with Crippen LogP contribution < -0.4 is 11.1 Å². The molecule has 0 radical (unpaired) electrons. The highest BCUT2D eigenvalue weighted by atomic mass is 16.6. The fourth-order valence-electron chi connectivity index (χ4n) is 4.37.